The molecule has 0 aliphatic rings. The van der Waals surface area contributed by atoms with Gasteiger partial charge in [0.2, 0.25) is 0 Å². The molecule has 0 bridgehead atoms. The molecular weight excluding hydrogens is 284 g/mol. The maximum Gasteiger partial charge on any atom is 0.280 e. The molecule has 2 rings (SSSR count). The minimum atomic E-state index is -0.288. The van der Waals surface area contributed by atoms with Crippen molar-refractivity contribution >= 4 is 34.0 Å². The van der Waals surface area contributed by atoms with Crippen molar-refractivity contribution in [3.8, 4) is 0 Å². The SMILES string of the molecule is CC(C)c1ncc(Cl)c(C(=O)N(C)c2nccs2)n1. The van der Waals surface area contributed by atoms with Crippen LogP contribution < -0.4 is 4.90 Å². The summed E-state index contributed by atoms with van der Waals surface area (Å²) < 4.78 is 0. The highest BCUT2D eigenvalue weighted by Crippen LogP contribution is 2.22. The topological polar surface area (TPSA) is 59.0 Å². The van der Waals surface area contributed by atoms with Crippen molar-refractivity contribution in [1.82, 2.24) is 15.0 Å². The minimum Gasteiger partial charge on any atom is -0.286 e. The average Bonchev–Trinajstić information content (AvgIpc) is 2.91. The summed E-state index contributed by atoms with van der Waals surface area (Å²) in [6, 6.07) is 0. The first-order chi connectivity index (χ1) is 9.00. The number of thiazole rings is 1. The van der Waals surface area contributed by atoms with Crippen LogP contribution in [0.1, 0.15) is 36.1 Å². The lowest BCUT2D eigenvalue weighted by Gasteiger charge is -2.14. The summed E-state index contributed by atoms with van der Waals surface area (Å²) in [4.78, 5) is 26.2. The first-order valence-corrected chi connectivity index (χ1v) is 6.96. The van der Waals surface area contributed by atoms with Crippen LogP contribution in [-0.2, 0) is 0 Å². The summed E-state index contributed by atoms with van der Waals surface area (Å²) in [5.41, 5.74) is 0.207. The van der Waals surface area contributed by atoms with E-state index in [-0.39, 0.29) is 22.5 Å². The average molecular weight is 297 g/mol. The van der Waals surface area contributed by atoms with Gasteiger partial charge in [-0.15, -0.1) is 11.3 Å². The van der Waals surface area contributed by atoms with E-state index in [0.29, 0.717) is 11.0 Å². The van der Waals surface area contributed by atoms with Crippen molar-refractivity contribution in [2.45, 2.75) is 19.8 Å². The third-order valence-electron chi connectivity index (χ3n) is 2.49. The number of hydrogen-bond donors (Lipinski definition) is 0. The van der Waals surface area contributed by atoms with Crippen LogP contribution in [-0.4, -0.2) is 27.9 Å². The molecule has 0 atom stereocenters. The highest BCUT2D eigenvalue weighted by atomic mass is 35.5. The van der Waals surface area contributed by atoms with E-state index in [1.807, 2.05) is 13.8 Å². The Bertz CT molecular complexity index is 585. The molecule has 0 unspecified atom stereocenters. The smallest absolute Gasteiger partial charge is 0.280 e. The van der Waals surface area contributed by atoms with Crippen LogP contribution >= 0.6 is 22.9 Å². The van der Waals surface area contributed by atoms with Gasteiger partial charge in [-0.2, -0.15) is 0 Å². The van der Waals surface area contributed by atoms with E-state index >= 15 is 0 Å². The maximum absolute atomic E-state index is 12.4. The summed E-state index contributed by atoms with van der Waals surface area (Å²) in [5, 5.41) is 2.66. The molecular formula is C12H13ClN4OS. The number of halogens is 1. The Hall–Kier alpha value is -1.53. The number of carbonyl (C=O) groups is 1. The number of nitrogens with zero attached hydrogens (tertiary/aromatic N) is 4. The molecule has 0 fully saturated rings. The summed E-state index contributed by atoms with van der Waals surface area (Å²) in [6.07, 6.45) is 3.11. The second-order valence-corrected chi connectivity index (χ2v) is 5.54. The van der Waals surface area contributed by atoms with Crippen molar-refractivity contribution in [2.24, 2.45) is 0 Å². The Morgan fingerprint density at radius 2 is 2.16 bits per heavy atom. The van der Waals surface area contributed by atoms with Crippen LogP contribution in [0, 0.1) is 0 Å². The summed E-state index contributed by atoms with van der Waals surface area (Å²) in [6.45, 7) is 3.92. The van der Waals surface area contributed by atoms with Crippen molar-refractivity contribution < 1.29 is 4.79 Å². The Kier molecular flexibility index (Phi) is 4.11. The van der Waals surface area contributed by atoms with Crippen molar-refractivity contribution in [1.29, 1.82) is 0 Å². The van der Waals surface area contributed by atoms with Crippen LogP contribution in [0.2, 0.25) is 5.02 Å². The van der Waals surface area contributed by atoms with Gasteiger partial charge < -0.3 is 0 Å². The molecule has 100 valence electrons. The predicted octanol–water partition coefficient (Wildman–Crippen LogP) is 2.99. The van der Waals surface area contributed by atoms with Crippen molar-refractivity contribution in [2.75, 3.05) is 11.9 Å². The van der Waals surface area contributed by atoms with Crippen LogP contribution in [0.15, 0.2) is 17.8 Å². The fourth-order valence-corrected chi connectivity index (χ4v) is 2.21. The summed E-state index contributed by atoms with van der Waals surface area (Å²) in [5.74, 6) is 0.443. The molecule has 5 nitrogen and oxygen atoms in total. The van der Waals surface area contributed by atoms with Crippen LogP contribution in [0.5, 0.6) is 0 Å². The third-order valence-corrected chi connectivity index (χ3v) is 3.62. The lowest BCUT2D eigenvalue weighted by atomic mass is 10.2. The maximum atomic E-state index is 12.4. The predicted molar refractivity (Wildman–Crippen MR) is 76.0 cm³/mol. The second kappa shape index (κ2) is 5.63. The van der Waals surface area contributed by atoms with Crippen LogP contribution in [0.3, 0.4) is 0 Å². The van der Waals surface area contributed by atoms with Gasteiger partial charge in [0, 0.05) is 24.5 Å². The molecule has 0 aliphatic carbocycles. The standard InChI is InChI=1S/C12H13ClN4OS/c1-7(2)10-15-6-8(13)9(16-10)11(18)17(3)12-14-4-5-19-12/h4-7H,1-3H3. The highest BCUT2D eigenvalue weighted by molar-refractivity contribution is 7.13. The number of amides is 1. The molecule has 2 aromatic rings. The molecule has 2 aromatic heterocycles. The molecule has 0 spiro atoms. The monoisotopic (exact) mass is 296 g/mol. The quantitative estimate of drug-likeness (QED) is 0.873. The molecule has 0 N–H and O–H groups in total. The van der Waals surface area contributed by atoms with E-state index in [1.54, 1.807) is 18.6 Å². The molecule has 1 amide bonds. The zero-order valence-corrected chi connectivity index (χ0v) is 12.4. The van der Waals surface area contributed by atoms with Crippen LogP contribution in [0.25, 0.3) is 0 Å². The highest BCUT2D eigenvalue weighted by Gasteiger charge is 2.21. The zero-order chi connectivity index (χ0) is 14.0. The first-order valence-electron chi connectivity index (χ1n) is 5.70. The van der Waals surface area contributed by atoms with Gasteiger partial charge >= 0.3 is 0 Å². The van der Waals surface area contributed by atoms with Crippen LogP contribution in [0.4, 0.5) is 5.13 Å². The van der Waals surface area contributed by atoms with Crippen molar-refractivity contribution in [3.05, 3.63) is 34.3 Å². The van der Waals surface area contributed by atoms with E-state index in [4.69, 9.17) is 11.6 Å². The van der Waals surface area contributed by atoms with Gasteiger partial charge in [-0.05, 0) is 0 Å². The molecule has 7 heteroatoms. The number of carbonyl (C=O) groups excluding carboxylic acids is 1. The zero-order valence-electron chi connectivity index (χ0n) is 10.8. The molecule has 2 heterocycles. The Morgan fingerprint density at radius 1 is 1.42 bits per heavy atom. The Labute approximate surface area is 120 Å². The molecule has 19 heavy (non-hydrogen) atoms. The first kappa shape index (κ1) is 13.9. The lowest BCUT2D eigenvalue weighted by Crippen LogP contribution is -2.27. The number of hydrogen-bond acceptors (Lipinski definition) is 5. The van der Waals surface area contributed by atoms with Gasteiger partial charge in [-0.3, -0.25) is 9.69 Å². The fraction of sp³-hybridized carbons (Fsp3) is 0.333. The van der Waals surface area contributed by atoms with Gasteiger partial charge in [0.15, 0.2) is 10.8 Å². The van der Waals surface area contributed by atoms with E-state index in [9.17, 15) is 4.79 Å². The normalized spacial score (nSPS) is 10.8. The molecule has 0 aromatic carbocycles. The van der Waals surface area contributed by atoms with Gasteiger partial charge in [0.1, 0.15) is 5.82 Å². The minimum absolute atomic E-state index is 0.133. The lowest BCUT2D eigenvalue weighted by molar-refractivity contribution is 0.0988. The largest absolute Gasteiger partial charge is 0.286 e. The molecule has 0 saturated heterocycles. The molecule has 0 aliphatic heterocycles. The van der Waals surface area contributed by atoms with Gasteiger partial charge in [0.05, 0.1) is 11.2 Å². The number of aromatic nitrogens is 3. The van der Waals surface area contributed by atoms with Gasteiger partial charge in [-0.1, -0.05) is 25.4 Å². The molecule has 0 radical (unpaired) electrons. The third kappa shape index (κ3) is 2.90. The van der Waals surface area contributed by atoms with Gasteiger partial charge in [0.25, 0.3) is 5.91 Å². The van der Waals surface area contributed by atoms with Gasteiger partial charge in [-0.25, -0.2) is 15.0 Å². The number of rotatable bonds is 3. The summed E-state index contributed by atoms with van der Waals surface area (Å²) in [7, 11) is 1.65. The van der Waals surface area contributed by atoms with E-state index in [1.165, 1.54) is 22.4 Å². The number of anilines is 1. The van der Waals surface area contributed by atoms with E-state index in [2.05, 4.69) is 15.0 Å². The van der Waals surface area contributed by atoms with E-state index < -0.39 is 0 Å². The fourth-order valence-electron chi connectivity index (χ4n) is 1.44. The van der Waals surface area contributed by atoms with E-state index in [0.717, 1.165) is 0 Å². The second-order valence-electron chi connectivity index (χ2n) is 4.26. The Balaban J connectivity index is 2.35. The van der Waals surface area contributed by atoms with Crippen molar-refractivity contribution in [3.63, 3.8) is 0 Å². The Morgan fingerprint density at radius 3 is 2.74 bits per heavy atom. The summed E-state index contributed by atoms with van der Waals surface area (Å²) >= 11 is 7.39. The molecule has 0 saturated carbocycles.